The molecule has 1 aliphatic rings. The number of sulfonamides is 1. The number of rotatable bonds is 5. The molecule has 29 heavy (non-hydrogen) atoms. The molecule has 7 nitrogen and oxygen atoms in total. The maximum absolute atomic E-state index is 13.4. The van der Waals surface area contributed by atoms with E-state index < -0.39 is 27.3 Å². The van der Waals surface area contributed by atoms with Crippen LogP contribution in [0.3, 0.4) is 0 Å². The Labute approximate surface area is 169 Å². The average Bonchev–Trinajstić information content (AvgIpc) is 2.96. The third-order valence-electron chi connectivity index (χ3n) is 4.95. The van der Waals surface area contributed by atoms with Crippen molar-refractivity contribution < 1.29 is 17.6 Å². The molecule has 1 saturated heterocycles. The molecule has 2 heterocycles. The molecule has 9 heteroatoms. The number of benzene rings is 1. The smallest absolute Gasteiger partial charge is 0.251 e. The summed E-state index contributed by atoms with van der Waals surface area (Å²) >= 11 is 0. The normalized spacial score (nSPS) is 15.7. The van der Waals surface area contributed by atoms with Gasteiger partial charge >= 0.3 is 0 Å². The molecule has 1 aromatic heterocycles. The molecule has 0 bridgehead atoms. The van der Waals surface area contributed by atoms with Gasteiger partial charge in [-0.25, -0.2) is 12.8 Å². The molecule has 1 aliphatic heterocycles. The highest BCUT2D eigenvalue weighted by Gasteiger charge is 2.26. The lowest BCUT2D eigenvalue weighted by Crippen LogP contribution is -2.33. The molecular weight excluding hydrogens is 397 g/mol. The van der Waals surface area contributed by atoms with Crippen molar-refractivity contribution in [2.24, 2.45) is 0 Å². The van der Waals surface area contributed by atoms with Gasteiger partial charge in [-0.1, -0.05) is 18.9 Å². The molecular formula is C20H24FN3O4S. The van der Waals surface area contributed by atoms with Gasteiger partial charge in [-0.2, -0.15) is 4.31 Å². The van der Waals surface area contributed by atoms with E-state index in [1.54, 1.807) is 6.92 Å². The van der Waals surface area contributed by atoms with E-state index >= 15 is 0 Å². The van der Waals surface area contributed by atoms with E-state index in [0.717, 1.165) is 36.3 Å². The summed E-state index contributed by atoms with van der Waals surface area (Å²) in [6, 6.07) is 6.42. The van der Waals surface area contributed by atoms with Crippen molar-refractivity contribution in [1.82, 2.24) is 8.87 Å². The van der Waals surface area contributed by atoms with Crippen LogP contribution in [0.5, 0.6) is 0 Å². The van der Waals surface area contributed by atoms with E-state index in [1.165, 1.54) is 34.8 Å². The second-order valence-corrected chi connectivity index (χ2v) is 9.09. The summed E-state index contributed by atoms with van der Waals surface area (Å²) in [6.45, 7) is 2.23. The third-order valence-corrected chi connectivity index (χ3v) is 6.83. The number of amides is 1. The minimum atomic E-state index is -3.74. The Hall–Kier alpha value is -2.52. The lowest BCUT2D eigenvalue weighted by molar-refractivity contribution is -0.116. The molecule has 0 atom stereocenters. The van der Waals surface area contributed by atoms with Gasteiger partial charge in [0.1, 0.15) is 12.4 Å². The molecule has 1 N–H and O–H groups in total. The molecule has 0 unspecified atom stereocenters. The van der Waals surface area contributed by atoms with Crippen LogP contribution >= 0.6 is 0 Å². The summed E-state index contributed by atoms with van der Waals surface area (Å²) in [5.74, 6) is -1.04. The molecule has 1 amide bonds. The summed E-state index contributed by atoms with van der Waals surface area (Å²) < 4.78 is 41.7. The second-order valence-electron chi connectivity index (χ2n) is 7.16. The number of carbonyl (C=O) groups excluding carboxylic acids is 1. The Kier molecular flexibility index (Phi) is 6.49. The molecule has 0 radical (unpaired) electrons. The van der Waals surface area contributed by atoms with Gasteiger partial charge in [-0.15, -0.1) is 0 Å². The molecule has 0 saturated carbocycles. The van der Waals surface area contributed by atoms with Gasteiger partial charge in [0.05, 0.1) is 4.90 Å². The summed E-state index contributed by atoms with van der Waals surface area (Å²) in [4.78, 5) is 24.5. The number of halogens is 1. The summed E-state index contributed by atoms with van der Waals surface area (Å²) in [5.41, 5.74) is 0.479. The Morgan fingerprint density at radius 2 is 1.79 bits per heavy atom. The maximum Gasteiger partial charge on any atom is 0.251 e. The van der Waals surface area contributed by atoms with Gasteiger partial charge in [0.25, 0.3) is 5.56 Å². The number of aryl methyl sites for hydroxylation is 1. The summed E-state index contributed by atoms with van der Waals surface area (Å²) in [7, 11) is -3.74. The second kappa shape index (κ2) is 8.87. The van der Waals surface area contributed by atoms with E-state index in [9.17, 15) is 22.4 Å². The van der Waals surface area contributed by atoms with E-state index in [4.69, 9.17) is 0 Å². The predicted octanol–water partition coefficient (Wildman–Crippen LogP) is 2.50. The molecule has 1 fully saturated rings. The van der Waals surface area contributed by atoms with E-state index in [2.05, 4.69) is 5.32 Å². The van der Waals surface area contributed by atoms with E-state index in [-0.39, 0.29) is 11.4 Å². The SMILES string of the molecule is Cc1ccc(F)cc1NC(=O)Cn1cc(S(=O)(=O)N2CCCCCC2)ccc1=O. The molecule has 2 aromatic rings. The monoisotopic (exact) mass is 421 g/mol. The highest BCUT2D eigenvalue weighted by molar-refractivity contribution is 7.89. The number of anilines is 1. The van der Waals surface area contributed by atoms with Gasteiger partial charge in [0, 0.05) is 31.0 Å². The third kappa shape index (κ3) is 5.10. The number of aromatic nitrogens is 1. The molecule has 1 aromatic carbocycles. The van der Waals surface area contributed by atoms with Crippen LogP contribution in [0.1, 0.15) is 31.2 Å². The first-order chi connectivity index (χ1) is 13.8. The van der Waals surface area contributed by atoms with Gasteiger partial charge in [-0.05, 0) is 43.5 Å². The number of pyridine rings is 1. The first-order valence-electron chi connectivity index (χ1n) is 9.54. The van der Waals surface area contributed by atoms with Crippen molar-refractivity contribution in [3.8, 4) is 0 Å². The van der Waals surface area contributed by atoms with Crippen molar-refractivity contribution >= 4 is 21.6 Å². The van der Waals surface area contributed by atoms with Gasteiger partial charge in [-0.3, -0.25) is 9.59 Å². The highest BCUT2D eigenvalue weighted by atomic mass is 32.2. The van der Waals surface area contributed by atoms with Crippen LogP contribution in [-0.2, 0) is 21.4 Å². The van der Waals surface area contributed by atoms with Crippen molar-refractivity contribution in [3.63, 3.8) is 0 Å². The lowest BCUT2D eigenvalue weighted by Gasteiger charge is -2.20. The minimum Gasteiger partial charge on any atom is -0.324 e. The van der Waals surface area contributed by atoms with Crippen LogP contribution in [0.25, 0.3) is 0 Å². The van der Waals surface area contributed by atoms with Crippen molar-refractivity contribution in [3.05, 3.63) is 58.3 Å². The standard InChI is InChI=1S/C20H24FN3O4S/c1-15-6-7-16(21)12-18(15)22-19(25)14-23-13-17(8-9-20(23)26)29(27,28)24-10-4-2-3-5-11-24/h6-9,12-13H,2-5,10-11,14H2,1H3,(H,22,25). The molecule has 3 rings (SSSR count). The topological polar surface area (TPSA) is 88.5 Å². The predicted molar refractivity (Wildman–Crippen MR) is 108 cm³/mol. The van der Waals surface area contributed by atoms with Gasteiger partial charge in [0.15, 0.2) is 0 Å². The fourth-order valence-electron chi connectivity index (χ4n) is 3.29. The fraction of sp³-hybridized carbons (Fsp3) is 0.400. The number of nitrogens with one attached hydrogen (secondary N) is 1. The number of carbonyl (C=O) groups is 1. The van der Waals surface area contributed by atoms with Crippen LogP contribution in [0.15, 0.2) is 46.2 Å². The Balaban J connectivity index is 1.80. The Morgan fingerprint density at radius 3 is 2.48 bits per heavy atom. The Bertz CT molecular complexity index is 1060. The summed E-state index contributed by atoms with van der Waals surface area (Å²) in [6.07, 6.45) is 4.78. The lowest BCUT2D eigenvalue weighted by atomic mass is 10.2. The van der Waals surface area contributed by atoms with Crippen molar-refractivity contribution in [2.45, 2.75) is 44.0 Å². The maximum atomic E-state index is 13.4. The summed E-state index contributed by atoms with van der Waals surface area (Å²) in [5, 5.41) is 2.56. The zero-order valence-corrected chi connectivity index (χ0v) is 17.0. The first kappa shape index (κ1) is 21.2. The first-order valence-corrected chi connectivity index (χ1v) is 11.0. The molecule has 0 aliphatic carbocycles. The fourth-order valence-corrected chi connectivity index (χ4v) is 4.83. The zero-order valence-electron chi connectivity index (χ0n) is 16.2. The van der Waals surface area contributed by atoms with E-state index in [1.807, 2.05) is 0 Å². The highest BCUT2D eigenvalue weighted by Crippen LogP contribution is 2.20. The minimum absolute atomic E-state index is 0.0197. The molecule has 156 valence electrons. The zero-order chi connectivity index (χ0) is 21.0. The quantitative estimate of drug-likeness (QED) is 0.803. The number of nitrogens with zero attached hydrogens (tertiary/aromatic N) is 2. The van der Waals surface area contributed by atoms with Crippen molar-refractivity contribution in [2.75, 3.05) is 18.4 Å². The van der Waals surface area contributed by atoms with E-state index in [0.29, 0.717) is 24.3 Å². The van der Waals surface area contributed by atoms with Crippen LogP contribution in [0, 0.1) is 12.7 Å². The largest absolute Gasteiger partial charge is 0.324 e. The number of hydrogen-bond acceptors (Lipinski definition) is 4. The van der Waals surface area contributed by atoms with Crippen molar-refractivity contribution in [1.29, 1.82) is 0 Å². The average molecular weight is 421 g/mol. The number of hydrogen-bond donors (Lipinski definition) is 1. The van der Waals surface area contributed by atoms with Gasteiger partial charge < -0.3 is 9.88 Å². The Morgan fingerprint density at radius 1 is 1.10 bits per heavy atom. The molecule has 0 spiro atoms. The van der Waals surface area contributed by atoms with Gasteiger partial charge in [0.2, 0.25) is 15.9 Å². The van der Waals surface area contributed by atoms with Crippen LogP contribution in [0.4, 0.5) is 10.1 Å². The van der Waals surface area contributed by atoms with Crippen LogP contribution < -0.4 is 10.9 Å². The van der Waals surface area contributed by atoms with Crippen LogP contribution in [0.2, 0.25) is 0 Å². The van der Waals surface area contributed by atoms with Crippen LogP contribution in [-0.4, -0.2) is 36.3 Å².